The minimum absolute atomic E-state index is 0.146. The number of amides is 2. The summed E-state index contributed by atoms with van der Waals surface area (Å²) < 4.78 is 9.21. The molecule has 1 unspecified atom stereocenters. The van der Waals surface area contributed by atoms with Crippen molar-refractivity contribution in [3.8, 4) is 0 Å². The monoisotopic (exact) mass is 272 g/mol. The highest BCUT2D eigenvalue weighted by Crippen LogP contribution is 2.18. The maximum atomic E-state index is 11.9. The summed E-state index contributed by atoms with van der Waals surface area (Å²) >= 11 is 0. The number of carbonyl (C=O) groups is 3. The van der Waals surface area contributed by atoms with Crippen molar-refractivity contribution in [3.63, 3.8) is 0 Å². The number of hydrogen-bond acceptors (Lipinski definition) is 5. The van der Waals surface area contributed by atoms with Crippen molar-refractivity contribution in [1.29, 1.82) is 0 Å². The van der Waals surface area contributed by atoms with E-state index in [1.807, 2.05) is 0 Å². The number of carbonyl (C=O) groups excluding carboxylic acids is 3. The SMILES string of the molecule is COC(=O)C1CCN(C(=O)NC(C)C(=O)OC)CC1. The second-order valence-electron chi connectivity index (χ2n) is 4.48. The van der Waals surface area contributed by atoms with Crippen LogP contribution in [0.1, 0.15) is 19.8 Å². The summed E-state index contributed by atoms with van der Waals surface area (Å²) in [6, 6.07) is -1.00. The lowest BCUT2D eigenvalue weighted by atomic mass is 9.97. The van der Waals surface area contributed by atoms with E-state index in [0.717, 1.165) is 0 Å². The summed E-state index contributed by atoms with van der Waals surface area (Å²) in [5.74, 6) is -0.868. The van der Waals surface area contributed by atoms with Gasteiger partial charge in [0.2, 0.25) is 0 Å². The molecule has 1 N–H and O–H groups in total. The number of ether oxygens (including phenoxy) is 2. The Morgan fingerprint density at radius 3 is 2.21 bits per heavy atom. The molecule has 0 aromatic heterocycles. The molecule has 1 fully saturated rings. The van der Waals surface area contributed by atoms with Crippen LogP contribution in [-0.2, 0) is 19.1 Å². The van der Waals surface area contributed by atoms with Crippen LogP contribution in [-0.4, -0.2) is 56.2 Å². The molecule has 19 heavy (non-hydrogen) atoms. The molecule has 0 aromatic carbocycles. The van der Waals surface area contributed by atoms with E-state index in [-0.39, 0.29) is 17.9 Å². The standard InChI is InChI=1S/C12H20N2O5/c1-8(10(15)18-2)13-12(17)14-6-4-9(5-7-14)11(16)19-3/h8-9H,4-7H2,1-3H3,(H,13,17). The largest absolute Gasteiger partial charge is 0.469 e. The van der Waals surface area contributed by atoms with Crippen molar-refractivity contribution >= 4 is 18.0 Å². The van der Waals surface area contributed by atoms with Gasteiger partial charge in [-0.15, -0.1) is 0 Å². The van der Waals surface area contributed by atoms with Crippen LogP contribution in [0.15, 0.2) is 0 Å². The summed E-state index contributed by atoms with van der Waals surface area (Å²) in [4.78, 5) is 36.0. The number of likely N-dealkylation sites (tertiary alicyclic amines) is 1. The highest BCUT2D eigenvalue weighted by atomic mass is 16.5. The second kappa shape index (κ2) is 6.96. The van der Waals surface area contributed by atoms with E-state index in [2.05, 4.69) is 14.8 Å². The van der Waals surface area contributed by atoms with Gasteiger partial charge in [-0.05, 0) is 19.8 Å². The second-order valence-corrected chi connectivity index (χ2v) is 4.48. The van der Waals surface area contributed by atoms with Gasteiger partial charge >= 0.3 is 18.0 Å². The van der Waals surface area contributed by atoms with Crippen molar-refractivity contribution in [2.45, 2.75) is 25.8 Å². The van der Waals surface area contributed by atoms with Crippen LogP contribution in [0.25, 0.3) is 0 Å². The van der Waals surface area contributed by atoms with Gasteiger partial charge < -0.3 is 19.7 Å². The van der Waals surface area contributed by atoms with Crippen molar-refractivity contribution in [3.05, 3.63) is 0 Å². The predicted molar refractivity (Wildman–Crippen MR) is 66.3 cm³/mol. The molecule has 1 aliphatic heterocycles. The van der Waals surface area contributed by atoms with Crippen molar-refractivity contribution in [1.82, 2.24) is 10.2 Å². The van der Waals surface area contributed by atoms with Gasteiger partial charge in [-0.3, -0.25) is 4.79 Å². The molecule has 0 spiro atoms. The Morgan fingerprint density at radius 2 is 1.74 bits per heavy atom. The zero-order valence-electron chi connectivity index (χ0n) is 11.5. The Balaban J connectivity index is 2.41. The van der Waals surface area contributed by atoms with Gasteiger partial charge in [0.1, 0.15) is 6.04 Å². The number of esters is 2. The first kappa shape index (κ1) is 15.3. The average molecular weight is 272 g/mol. The van der Waals surface area contributed by atoms with Gasteiger partial charge in [0.15, 0.2) is 0 Å². The van der Waals surface area contributed by atoms with Crippen molar-refractivity contribution in [2.24, 2.45) is 5.92 Å². The fourth-order valence-corrected chi connectivity index (χ4v) is 2.00. The van der Waals surface area contributed by atoms with E-state index in [9.17, 15) is 14.4 Å². The Morgan fingerprint density at radius 1 is 1.16 bits per heavy atom. The third-order valence-corrected chi connectivity index (χ3v) is 3.21. The summed E-state index contributed by atoms with van der Waals surface area (Å²) in [5.41, 5.74) is 0. The number of urea groups is 1. The Kier molecular flexibility index (Phi) is 5.59. The van der Waals surface area contributed by atoms with Gasteiger partial charge in [-0.1, -0.05) is 0 Å². The van der Waals surface area contributed by atoms with Gasteiger partial charge in [0, 0.05) is 13.1 Å². The smallest absolute Gasteiger partial charge is 0.328 e. The first-order valence-corrected chi connectivity index (χ1v) is 6.20. The molecule has 1 atom stereocenters. The molecular formula is C12H20N2O5. The third kappa shape index (κ3) is 4.11. The van der Waals surface area contributed by atoms with Gasteiger partial charge in [-0.2, -0.15) is 0 Å². The fraction of sp³-hybridized carbons (Fsp3) is 0.750. The number of hydrogen-bond donors (Lipinski definition) is 1. The minimum Gasteiger partial charge on any atom is -0.469 e. The lowest BCUT2D eigenvalue weighted by Gasteiger charge is -2.31. The molecule has 1 rings (SSSR count). The molecule has 0 aromatic rings. The van der Waals surface area contributed by atoms with Crippen LogP contribution < -0.4 is 5.32 Å². The van der Waals surface area contributed by atoms with Gasteiger partial charge in [0.25, 0.3) is 0 Å². The molecule has 0 bridgehead atoms. The summed E-state index contributed by atoms with van der Waals surface area (Å²) in [5, 5.41) is 2.55. The zero-order valence-corrected chi connectivity index (χ0v) is 11.5. The van der Waals surface area contributed by atoms with Crippen LogP contribution in [0.2, 0.25) is 0 Å². The fourth-order valence-electron chi connectivity index (χ4n) is 2.00. The molecule has 7 nitrogen and oxygen atoms in total. The topological polar surface area (TPSA) is 84.9 Å². The molecule has 2 amide bonds. The molecule has 108 valence electrons. The van der Waals surface area contributed by atoms with E-state index >= 15 is 0 Å². The quantitative estimate of drug-likeness (QED) is 0.739. The average Bonchev–Trinajstić information content (AvgIpc) is 2.45. The number of nitrogens with zero attached hydrogens (tertiary/aromatic N) is 1. The molecule has 0 aliphatic carbocycles. The third-order valence-electron chi connectivity index (χ3n) is 3.21. The maximum Gasteiger partial charge on any atom is 0.328 e. The van der Waals surface area contributed by atoms with Crippen LogP contribution in [0.4, 0.5) is 4.79 Å². The Bertz CT molecular complexity index is 350. The highest BCUT2D eigenvalue weighted by molar-refractivity contribution is 5.83. The van der Waals surface area contributed by atoms with E-state index in [1.165, 1.54) is 14.2 Å². The molecule has 0 radical (unpaired) electrons. The van der Waals surface area contributed by atoms with Crippen LogP contribution in [0, 0.1) is 5.92 Å². The first-order valence-electron chi connectivity index (χ1n) is 6.20. The molecule has 0 saturated carbocycles. The van der Waals surface area contributed by atoms with Gasteiger partial charge in [0.05, 0.1) is 20.1 Å². The van der Waals surface area contributed by atoms with Crippen molar-refractivity contribution in [2.75, 3.05) is 27.3 Å². The normalized spacial score (nSPS) is 17.5. The first-order chi connectivity index (χ1) is 8.99. The molecule has 1 saturated heterocycles. The van der Waals surface area contributed by atoms with Crippen LogP contribution in [0.3, 0.4) is 0 Å². The highest BCUT2D eigenvalue weighted by Gasteiger charge is 2.29. The minimum atomic E-state index is -0.684. The number of methoxy groups -OCH3 is 2. The maximum absolute atomic E-state index is 11.9. The lowest BCUT2D eigenvalue weighted by Crippen LogP contribution is -2.50. The summed E-state index contributed by atoms with van der Waals surface area (Å²) in [6.07, 6.45) is 1.15. The van der Waals surface area contributed by atoms with Crippen molar-refractivity contribution < 1.29 is 23.9 Å². The number of piperidine rings is 1. The van der Waals surface area contributed by atoms with E-state index < -0.39 is 12.0 Å². The van der Waals surface area contributed by atoms with Crippen LogP contribution in [0.5, 0.6) is 0 Å². The van der Waals surface area contributed by atoms with E-state index in [0.29, 0.717) is 25.9 Å². The molecular weight excluding hydrogens is 252 g/mol. The number of rotatable bonds is 3. The number of nitrogens with one attached hydrogen (secondary N) is 1. The lowest BCUT2D eigenvalue weighted by molar-refractivity contribution is -0.146. The zero-order chi connectivity index (χ0) is 14.4. The summed E-state index contributed by atoms with van der Waals surface area (Å²) in [6.45, 7) is 2.50. The predicted octanol–water partition coefficient (Wildman–Crippen LogP) is 0.143. The van der Waals surface area contributed by atoms with E-state index in [1.54, 1.807) is 11.8 Å². The van der Waals surface area contributed by atoms with E-state index in [4.69, 9.17) is 0 Å². The van der Waals surface area contributed by atoms with Crippen LogP contribution >= 0.6 is 0 Å². The summed E-state index contributed by atoms with van der Waals surface area (Å²) in [7, 11) is 2.63. The van der Waals surface area contributed by atoms with Gasteiger partial charge in [-0.25, -0.2) is 9.59 Å². The molecule has 1 heterocycles. The molecule has 7 heteroatoms. The molecule has 1 aliphatic rings. The Labute approximate surface area is 112 Å². The Hall–Kier alpha value is -1.79.